The van der Waals surface area contributed by atoms with E-state index in [0.717, 1.165) is 22.3 Å². The highest BCUT2D eigenvalue weighted by Gasteiger charge is 2.51. The number of nitrogens with zero attached hydrogens (tertiary/aromatic N) is 4. The topological polar surface area (TPSA) is 91.1 Å². The molecule has 228 valence electrons. The van der Waals surface area contributed by atoms with E-state index in [1.54, 1.807) is 7.11 Å². The minimum absolute atomic E-state index is 0.244. The summed E-state index contributed by atoms with van der Waals surface area (Å²) in [6, 6.07) is 29.2. The van der Waals surface area contributed by atoms with Crippen LogP contribution in [0.1, 0.15) is 41.6 Å². The van der Waals surface area contributed by atoms with Crippen molar-refractivity contribution in [2.75, 3.05) is 7.11 Å². The highest BCUT2D eigenvalue weighted by atomic mass is 16.6. The molecule has 0 bridgehead atoms. The zero-order valence-electron chi connectivity index (χ0n) is 25.0. The van der Waals surface area contributed by atoms with Crippen LogP contribution in [0.25, 0.3) is 11.0 Å². The molecule has 1 saturated heterocycles. The molecule has 0 spiro atoms. The summed E-state index contributed by atoms with van der Waals surface area (Å²) in [5.41, 5.74) is 5.31. The molecular weight excluding hydrogens is 556 g/mol. The Hall–Kier alpha value is -4.12. The van der Waals surface area contributed by atoms with Crippen LogP contribution in [0.5, 0.6) is 5.88 Å². The van der Waals surface area contributed by atoms with Gasteiger partial charge >= 0.3 is 0 Å². The first-order chi connectivity index (χ1) is 21.7. The molecule has 2 aromatic heterocycles. The maximum absolute atomic E-state index is 11.8. The van der Waals surface area contributed by atoms with E-state index in [9.17, 15) is 5.21 Å². The maximum Gasteiger partial charge on any atom is 0.241 e. The van der Waals surface area contributed by atoms with Crippen LogP contribution in [0, 0.1) is 0 Å². The predicted molar refractivity (Wildman–Crippen MR) is 166 cm³/mol. The largest absolute Gasteiger partial charge is 0.479 e. The fraction of sp³-hybridized carbons (Fsp3) is 0.314. The third-order valence-electron chi connectivity index (χ3n) is 8.13. The van der Waals surface area contributed by atoms with Crippen LogP contribution < -0.4 is 4.74 Å². The number of fused-ring (bicyclic) bond motifs is 1. The van der Waals surface area contributed by atoms with Crippen LogP contribution in [0.15, 0.2) is 104 Å². The zero-order chi connectivity index (χ0) is 30.3. The van der Waals surface area contributed by atoms with Crippen LogP contribution in [0.3, 0.4) is 0 Å². The molecule has 9 nitrogen and oxygen atoms in total. The van der Waals surface area contributed by atoms with Gasteiger partial charge in [-0.15, -0.1) is 0 Å². The van der Waals surface area contributed by atoms with E-state index in [2.05, 4.69) is 16.9 Å². The number of methoxy groups -OCH3 is 1. The Balaban J connectivity index is 1.36. The normalized spacial score (nSPS) is 20.3. The number of aromatic nitrogens is 3. The SMILES string of the molecule is CC[C@@H]1[C@H](OCc2ccccc2)C(OCc2ccccc2)[C@H](c2cn(COCc3ccccc3)c3c(OC)ncnc23)N1O. The zero-order valence-corrected chi connectivity index (χ0v) is 25.0. The highest BCUT2D eigenvalue weighted by Crippen LogP contribution is 2.44. The van der Waals surface area contributed by atoms with Crippen molar-refractivity contribution < 1.29 is 24.2 Å². The first-order valence-corrected chi connectivity index (χ1v) is 15.0. The lowest BCUT2D eigenvalue weighted by molar-refractivity contribution is -0.153. The van der Waals surface area contributed by atoms with Crippen molar-refractivity contribution in [3.63, 3.8) is 0 Å². The lowest BCUT2D eigenvalue weighted by Crippen LogP contribution is -2.36. The first-order valence-electron chi connectivity index (χ1n) is 15.0. The number of rotatable bonds is 13. The molecule has 1 unspecified atom stereocenters. The summed E-state index contributed by atoms with van der Waals surface area (Å²) in [6.45, 7) is 3.51. The molecule has 6 rings (SSSR count). The molecule has 0 saturated carbocycles. The van der Waals surface area contributed by atoms with E-state index < -0.39 is 18.2 Å². The van der Waals surface area contributed by atoms with Crippen LogP contribution in [0.4, 0.5) is 0 Å². The van der Waals surface area contributed by atoms with Crippen LogP contribution in [-0.4, -0.2) is 50.2 Å². The van der Waals surface area contributed by atoms with Gasteiger partial charge in [-0.2, -0.15) is 10.0 Å². The Morgan fingerprint density at radius 3 is 1.89 bits per heavy atom. The van der Waals surface area contributed by atoms with Crippen molar-refractivity contribution in [3.8, 4) is 5.88 Å². The quantitative estimate of drug-likeness (QED) is 0.170. The lowest BCUT2D eigenvalue weighted by Gasteiger charge is -2.25. The summed E-state index contributed by atoms with van der Waals surface area (Å²) >= 11 is 0. The van der Waals surface area contributed by atoms with Crippen molar-refractivity contribution in [1.29, 1.82) is 0 Å². The van der Waals surface area contributed by atoms with Crippen LogP contribution in [0.2, 0.25) is 0 Å². The van der Waals surface area contributed by atoms with E-state index in [4.69, 9.17) is 18.9 Å². The van der Waals surface area contributed by atoms with Gasteiger partial charge in [-0.1, -0.05) is 97.9 Å². The number of ether oxygens (including phenoxy) is 4. The van der Waals surface area contributed by atoms with Gasteiger partial charge in [0.05, 0.1) is 39.0 Å². The molecule has 0 amide bonds. The molecular formula is C35H38N4O5. The van der Waals surface area contributed by atoms with Crippen LogP contribution in [-0.2, 0) is 40.8 Å². The molecule has 1 fully saturated rings. The van der Waals surface area contributed by atoms with Gasteiger partial charge in [0.25, 0.3) is 0 Å². The molecule has 1 aliphatic rings. The molecule has 1 aliphatic heterocycles. The summed E-state index contributed by atoms with van der Waals surface area (Å²) in [4.78, 5) is 9.05. The monoisotopic (exact) mass is 594 g/mol. The van der Waals surface area contributed by atoms with Crippen molar-refractivity contribution >= 4 is 11.0 Å². The van der Waals surface area contributed by atoms with Gasteiger partial charge in [0.2, 0.25) is 5.88 Å². The molecule has 3 heterocycles. The lowest BCUT2D eigenvalue weighted by atomic mass is 10.0. The van der Waals surface area contributed by atoms with Gasteiger partial charge in [-0.25, -0.2) is 4.98 Å². The molecule has 4 atom stereocenters. The second-order valence-corrected chi connectivity index (χ2v) is 10.9. The Morgan fingerprint density at radius 2 is 1.32 bits per heavy atom. The Kier molecular flexibility index (Phi) is 9.60. The number of benzene rings is 3. The van der Waals surface area contributed by atoms with Gasteiger partial charge in [-0.3, -0.25) is 0 Å². The number of hydrogen-bond acceptors (Lipinski definition) is 8. The number of hydroxylamine groups is 2. The fourth-order valence-corrected chi connectivity index (χ4v) is 6.00. The van der Waals surface area contributed by atoms with Crippen molar-refractivity contribution in [2.45, 2.75) is 64.2 Å². The van der Waals surface area contributed by atoms with E-state index in [0.29, 0.717) is 43.2 Å². The summed E-state index contributed by atoms with van der Waals surface area (Å²) in [5.74, 6) is 0.428. The van der Waals surface area contributed by atoms with E-state index in [-0.39, 0.29) is 12.8 Å². The van der Waals surface area contributed by atoms with E-state index in [1.165, 1.54) is 11.4 Å². The van der Waals surface area contributed by atoms with Crippen molar-refractivity contribution in [2.24, 2.45) is 0 Å². The highest BCUT2D eigenvalue weighted by molar-refractivity contribution is 5.84. The van der Waals surface area contributed by atoms with Gasteiger partial charge in [0.1, 0.15) is 36.3 Å². The molecule has 44 heavy (non-hydrogen) atoms. The summed E-state index contributed by atoms with van der Waals surface area (Å²) < 4.78 is 27.0. The second kappa shape index (κ2) is 14.1. The smallest absolute Gasteiger partial charge is 0.241 e. The average Bonchev–Trinajstić information content (AvgIpc) is 3.57. The van der Waals surface area contributed by atoms with Gasteiger partial charge in [-0.05, 0) is 23.1 Å². The summed E-state index contributed by atoms with van der Waals surface area (Å²) in [7, 11) is 1.59. The number of hydrogen-bond donors (Lipinski definition) is 1. The standard InChI is InChI=1S/C35H38N4O5/c1-3-29-33(43-21-26-15-9-5-10-16-26)34(44-22-27-17-11-6-12-18-27)31(39(29)40)28-19-38(24-42-20-25-13-7-4-8-14-25)32-30(28)36-23-37-35(32)41-2/h4-19,23,29,31,33-34,40H,3,20-22,24H2,1-2H3/t29-,31+,33+,34?/m1/s1. The second-order valence-electron chi connectivity index (χ2n) is 10.9. The average molecular weight is 595 g/mol. The summed E-state index contributed by atoms with van der Waals surface area (Å²) in [6.07, 6.45) is 3.20. The van der Waals surface area contributed by atoms with Gasteiger partial charge in [0, 0.05) is 11.8 Å². The van der Waals surface area contributed by atoms with Gasteiger partial charge in [0.15, 0.2) is 0 Å². The molecule has 0 radical (unpaired) electrons. The Morgan fingerprint density at radius 1 is 0.750 bits per heavy atom. The predicted octanol–water partition coefficient (Wildman–Crippen LogP) is 6.31. The minimum atomic E-state index is -0.568. The Bertz CT molecular complexity index is 1620. The molecule has 1 N–H and O–H groups in total. The molecule has 3 aromatic carbocycles. The van der Waals surface area contributed by atoms with Crippen molar-refractivity contribution in [1.82, 2.24) is 19.6 Å². The van der Waals surface area contributed by atoms with Crippen molar-refractivity contribution in [3.05, 3.63) is 126 Å². The van der Waals surface area contributed by atoms with Crippen LogP contribution >= 0.6 is 0 Å². The summed E-state index contributed by atoms with van der Waals surface area (Å²) in [5, 5.41) is 13.2. The maximum atomic E-state index is 11.8. The van der Waals surface area contributed by atoms with Gasteiger partial charge < -0.3 is 28.7 Å². The van der Waals surface area contributed by atoms with E-state index in [1.807, 2.05) is 102 Å². The third-order valence-corrected chi connectivity index (χ3v) is 8.13. The minimum Gasteiger partial charge on any atom is -0.479 e. The third kappa shape index (κ3) is 6.38. The Labute approximate surface area is 257 Å². The first kappa shape index (κ1) is 29.9. The molecule has 5 aromatic rings. The van der Waals surface area contributed by atoms with E-state index >= 15 is 0 Å². The molecule has 9 heteroatoms. The fourth-order valence-electron chi connectivity index (χ4n) is 6.00. The molecule has 0 aliphatic carbocycles.